The predicted octanol–water partition coefficient (Wildman–Crippen LogP) is 2.36. The highest BCUT2D eigenvalue weighted by atomic mass is 32.2. The summed E-state index contributed by atoms with van der Waals surface area (Å²) in [5.41, 5.74) is 0.928. The van der Waals surface area contributed by atoms with E-state index in [1.54, 1.807) is 24.2 Å². The van der Waals surface area contributed by atoms with Crippen LogP contribution in [0.15, 0.2) is 59.8 Å². The molecule has 6 heteroatoms. The number of carbonyl (C=O) groups is 1. The minimum absolute atomic E-state index is 0.0311. The van der Waals surface area contributed by atoms with Crippen LogP contribution in [0.2, 0.25) is 0 Å². The molecule has 25 heavy (non-hydrogen) atoms. The van der Waals surface area contributed by atoms with E-state index in [0.29, 0.717) is 19.8 Å². The molecule has 132 valence electrons. The van der Waals surface area contributed by atoms with Gasteiger partial charge in [-0.05, 0) is 23.8 Å². The average Bonchev–Trinajstić information content (AvgIpc) is 2.68. The Morgan fingerprint density at radius 1 is 1.20 bits per heavy atom. The molecule has 2 heterocycles. The number of ether oxygens (including phenoxy) is 1. The van der Waals surface area contributed by atoms with Crippen LogP contribution < -0.4 is 5.32 Å². The zero-order chi connectivity index (χ0) is 17.3. The van der Waals surface area contributed by atoms with Crippen molar-refractivity contribution in [3.63, 3.8) is 0 Å². The Bertz CT molecular complexity index is 648. The van der Waals surface area contributed by atoms with Gasteiger partial charge in [-0.25, -0.2) is 0 Å². The fourth-order valence-corrected chi connectivity index (χ4v) is 3.65. The molecular weight excluding hydrogens is 334 g/mol. The number of rotatable bonds is 7. The van der Waals surface area contributed by atoms with E-state index in [9.17, 15) is 4.79 Å². The highest BCUT2D eigenvalue weighted by molar-refractivity contribution is 7.99. The van der Waals surface area contributed by atoms with Crippen molar-refractivity contribution < 1.29 is 9.53 Å². The van der Waals surface area contributed by atoms with Gasteiger partial charge in [-0.1, -0.05) is 24.3 Å². The molecule has 1 amide bonds. The molecular formula is C19H23N3O2S. The van der Waals surface area contributed by atoms with E-state index in [2.05, 4.69) is 27.3 Å². The van der Waals surface area contributed by atoms with Crippen molar-refractivity contribution in [2.45, 2.75) is 10.9 Å². The smallest absolute Gasteiger partial charge is 0.242 e. The van der Waals surface area contributed by atoms with Crippen LogP contribution in [0.25, 0.3) is 0 Å². The molecule has 0 bridgehead atoms. The van der Waals surface area contributed by atoms with Crippen molar-refractivity contribution in [2.75, 3.05) is 38.6 Å². The summed E-state index contributed by atoms with van der Waals surface area (Å²) < 4.78 is 5.42. The zero-order valence-corrected chi connectivity index (χ0v) is 15.0. The molecule has 1 aliphatic heterocycles. The summed E-state index contributed by atoms with van der Waals surface area (Å²) in [6.45, 7) is 3.47. The number of hydrogen-bond donors (Lipinski definition) is 1. The van der Waals surface area contributed by atoms with Crippen molar-refractivity contribution in [1.82, 2.24) is 15.2 Å². The van der Waals surface area contributed by atoms with Crippen LogP contribution in [0.4, 0.5) is 0 Å². The summed E-state index contributed by atoms with van der Waals surface area (Å²) in [7, 11) is 0. The molecule has 1 fully saturated rings. The third-order valence-electron chi connectivity index (χ3n) is 4.07. The van der Waals surface area contributed by atoms with Gasteiger partial charge in [0, 0.05) is 42.7 Å². The first-order chi connectivity index (χ1) is 12.3. The Morgan fingerprint density at radius 2 is 2.00 bits per heavy atom. The quantitative estimate of drug-likeness (QED) is 0.609. The first-order valence-electron chi connectivity index (χ1n) is 8.52. The van der Waals surface area contributed by atoms with E-state index in [4.69, 9.17) is 4.74 Å². The summed E-state index contributed by atoms with van der Waals surface area (Å²) in [5.74, 6) is 0.877. The fourth-order valence-electron chi connectivity index (χ4n) is 2.86. The van der Waals surface area contributed by atoms with E-state index >= 15 is 0 Å². The zero-order valence-electron chi connectivity index (χ0n) is 14.1. The number of morpholine rings is 1. The van der Waals surface area contributed by atoms with Crippen molar-refractivity contribution in [2.24, 2.45) is 0 Å². The largest absolute Gasteiger partial charge is 0.379 e. The molecule has 1 saturated heterocycles. The molecule has 3 rings (SSSR count). The molecule has 1 aliphatic rings. The van der Waals surface area contributed by atoms with Crippen molar-refractivity contribution in [1.29, 1.82) is 0 Å². The second kappa shape index (κ2) is 9.56. The average molecular weight is 357 g/mol. The number of nitrogens with one attached hydrogen (secondary N) is 1. The van der Waals surface area contributed by atoms with Crippen LogP contribution in [0.1, 0.15) is 11.6 Å². The highest BCUT2D eigenvalue weighted by Crippen LogP contribution is 2.22. The second-order valence-corrected chi connectivity index (χ2v) is 6.96. The Balaban J connectivity index is 1.57. The molecule has 0 spiro atoms. The number of thioether (sulfide) groups is 1. The van der Waals surface area contributed by atoms with Crippen LogP contribution in [0.3, 0.4) is 0 Å². The number of nitrogens with zero attached hydrogens (tertiary/aromatic N) is 2. The summed E-state index contributed by atoms with van der Waals surface area (Å²) >= 11 is 1.74. The standard InChI is InChI=1S/C19H23N3O2S/c23-19(21-9-14-25-17-6-2-1-3-7-17)18(16-5-4-8-20-15-16)22-10-12-24-13-11-22/h1-8,15,18H,9-14H2,(H,21,23)/t18-/m1/s1. The van der Waals surface area contributed by atoms with E-state index in [1.807, 2.05) is 30.3 Å². The molecule has 0 radical (unpaired) electrons. The highest BCUT2D eigenvalue weighted by Gasteiger charge is 2.28. The molecule has 1 aromatic heterocycles. The molecule has 1 atom stereocenters. The van der Waals surface area contributed by atoms with Crippen molar-refractivity contribution in [3.05, 3.63) is 60.4 Å². The number of carbonyl (C=O) groups excluding carboxylic acids is 1. The van der Waals surface area contributed by atoms with Gasteiger partial charge in [0.15, 0.2) is 0 Å². The maximum atomic E-state index is 12.8. The van der Waals surface area contributed by atoms with Crippen LogP contribution in [0, 0.1) is 0 Å². The van der Waals surface area contributed by atoms with Gasteiger partial charge >= 0.3 is 0 Å². The molecule has 1 aromatic carbocycles. The van der Waals surface area contributed by atoms with Gasteiger partial charge in [0.2, 0.25) is 5.91 Å². The third kappa shape index (κ3) is 5.29. The normalized spacial score (nSPS) is 16.3. The van der Waals surface area contributed by atoms with Crippen molar-refractivity contribution >= 4 is 17.7 Å². The van der Waals surface area contributed by atoms with E-state index in [0.717, 1.165) is 24.4 Å². The summed E-state index contributed by atoms with van der Waals surface area (Å²) in [6.07, 6.45) is 3.51. The number of pyridine rings is 1. The van der Waals surface area contributed by atoms with Crippen molar-refractivity contribution in [3.8, 4) is 0 Å². The van der Waals surface area contributed by atoms with E-state index < -0.39 is 0 Å². The van der Waals surface area contributed by atoms with E-state index in [-0.39, 0.29) is 11.9 Å². The molecule has 1 N–H and O–H groups in total. The number of amides is 1. The fraction of sp³-hybridized carbons (Fsp3) is 0.368. The second-order valence-electron chi connectivity index (χ2n) is 5.79. The lowest BCUT2D eigenvalue weighted by Gasteiger charge is -2.33. The van der Waals surface area contributed by atoms with E-state index in [1.165, 1.54) is 4.90 Å². The number of hydrogen-bond acceptors (Lipinski definition) is 5. The van der Waals surface area contributed by atoms with Crippen LogP contribution in [0.5, 0.6) is 0 Å². The molecule has 5 nitrogen and oxygen atoms in total. The molecule has 0 saturated carbocycles. The predicted molar refractivity (Wildman–Crippen MR) is 99.5 cm³/mol. The molecule has 0 unspecified atom stereocenters. The minimum Gasteiger partial charge on any atom is -0.379 e. The third-order valence-corrected chi connectivity index (χ3v) is 5.09. The maximum Gasteiger partial charge on any atom is 0.242 e. The topological polar surface area (TPSA) is 54.5 Å². The van der Waals surface area contributed by atoms with Gasteiger partial charge in [-0.3, -0.25) is 14.7 Å². The van der Waals surface area contributed by atoms with Gasteiger partial charge in [-0.2, -0.15) is 0 Å². The first kappa shape index (κ1) is 17.9. The summed E-state index contributed by atoms with van der Waals surface area (Å²) in [5, 5.41) is 3.08. The van der Waals surface area contributed by atoms with Gasteiger partial charge in [0.1, 0.15) is 6.04 Å². The Hall–Kier alpha value is -1.89. The minimum atomic E-state index is -0.306. The Labute approximate surface area is 152 Å². The number of benzene rings is 1. The lowest BCUT2D eigenvalue weighted by molar-refractivity contribution is -0.128. The summed E-state index contributed by atoms with van der Waals surface area (Å²) in [4.78, 5) is 20.4. The molecule has 0 aliphatic carbocycles. The lowest BCUT2D eigenvalue weighted by Crippen LogP contribution is -2.46. The van der Waals surface area contributed by atoms with Crippen LogP contribution >= 0.6 is 11.8 Å². The number of aromatic nitrogens is 1. The van der Waals surface area contributed by atoms with Gasteiger partial charge in [-0.15, -0.1) is 11.8 Å². The van der Waals surface area contributed by atoms with Crippen LogP contribution in [-0.4, -0.2) is 54.4 Å². The van der Waals surface area contributed by atoms with Gasteiger partial charge < -0.3 is 10.1 Å². The van der Waals surface area contributed by atoms with Crippen LogP contribution in [-0.2, 0) is 9.53 Å². The SMILES string of the molecule is O=C(NCCSc1ccccc1)[C@@H](c1cccnc1)N1CCOCC1. The monoisotopic (exact) mass is 357 g/mol. The van der Waals surface area contributed by atoms with Gasteiger partial charge in [0.25, 0.3) is 0 Å². The first-order valence-corrected chi connectivity index (χ1v) is 9.50. The van der Waals surface area contributed by atoms with Gasteiger partial charge in [0.05, 0.1) is 13.2 Å². The molecule has 2 aromatic rings. The Kier molecular flexibility index (Phi) is 6.85. The summed E-state index contributed by atoms with van der Waals surface area (Å²) in [6, 6.07) is 13.8. The lowest BCUT2D eigenvalue weighted by atomic mass is 10.1. The Morgan fingerprint density at radius 3 is 2.72 bits per heavy atom. The maximum absolute atomic E-state index is 12.8.